The van der Waals surface area contributed by atoms with Crippen molar-refractivity contribution in [1.82, 2.24) is 0 Å². The van der Waals surface area contributed by atoms with Gasteiger partial charge in [-0.2, -0.15) is 0 Å². The minimum atomic E-state index is -0.461. The molecule has 126 valence electrons. The van der Waals surface area contributed by atoms with Crippen LogP contribution in [0.5, 0.6) is 0 Å². The average molecular weight is 326 g/mol. The Morgan fingerprint density at radius 2 is 1.83 bits per heavy atom. The summed E-state index contributed by atoms with van der Waals surface area (Å²) >= 11 is 0. The van der Waals surface area contributed by atoms with E-state index in [9.17, 15) is 9.59 Å². The van der Waals surface area contributed by atoms with E-state index in [-0.39, 0.29) is 5.91 Å². The van der Waals surface area contributed by atoms with Crippen molar-refractivity contribution >= 4 is 23.3 Å². The highest BCUT2D eigenvalue weighted by molar-refractivity contribution is 5.97. The van der Waals surface area contributed by atoms with Crippen LogP contribution in [0.2, 0.25) is 0 Å². The first-order valence-corrected chi connectivity index (χ1v) is 7.73. The van der Waals surface area contributed by atoms with Gasteiger partial charge in [-0.25, -0.2) is 4.79 Å². The van der Waals surface area contributed by atoms with Gasteiger partial charge < -0.3 is 15.4 Å². The minimum absolute atomic E-state index is 0.150. The molecule has 0 saturated carbocycles. The molecule has 2 rings (SSSR count). The number of hydrogen-bond donors (Lipinski definition) is 2. The fourth-order valence-electron chi connectivity index (χ4n) is 2.29. The van der Waals surface area contributed by atoms with E-state index in [4.69, 9.17) is 4.74 Å². The molecule has 1 atom stereocenters. The summed E-state index contributed by atoms with van der Waals surface area (Å²) in [5.41, 5.74) is 3.95. The molecular formula is C19H22N2O3. The Labute approximate surface area is 142 Å². The maximum absolute atomic E-state index is 12.3. The molecule has 0 spiro atoms. The van der Waals surface area contributed by atoms with Crippen LogP contribution in [0.1, 0.15) is 28.4 Å². The number of esters is 1. The number of anilines is 2. The Morgan fingerprint density at radius 1 is 1.08 bits per heavy atom. The van der Waals surface area contributed by atoms with Gasteiger partial charge in [-0.3, -0.25) is 4.79 Å². The third kappa shape index (κ3) is 4.35. The van der Waals surface area contributed by atoms with Crippen LogP contribution in [-0.4, -0.2) is 25.0 Å². The van der Waals surface area contributed by atoms with E-state index in [1.54, 1.807) is 19.1 Å². The van der Waals surface area contributed by atoms with Gasteiger partial charge >= 0.3 is 5.97 Å². The molecule has 0 aromatic heterocycles. The molecule has 0 heterocycles. The fourth-order valence-corrected chi connectivity index (χ4v) is 2.29. The molecule has 0 aliphatic rings. The van der Waals surface area contributed by atoms with Gasteiger partial charge in [0.1, 0.15) is 6.04 Å². The lowest BCUT2D eigenvalue weighted by atomic mass is 10.1. The lowest BCUT2D eigenvalue weighted by molar-refractivity contribution is -0.116. The second kappa shape index (κ2) is 7.64. The van der Waals surface area contributed by atoms with Crippen LogP contribution in [0.3, 0.4) is 0 Å². The molecule has 5 heteroatoms. The summed E-state index contributed by atoms with van der Waals surface area (Å²) in [6.45, 7) is 5.66. The number of ether oxygens (including phenoxy) is 1. The molecule has 0 fully saturated rings. The highest BCUT2D eigenvalue weighted by atomic mass is 16.5. The summed E-state index contributed by atoms with van der Waals surface area (Å²) in [7, 11) is 1.34. The van der Waals surface area contributed by atoms with Gasteiger partial charge in [0.25, 0.3) is 0 Å². The largest absolute Gasteiger partial charge is 0.465 e. The standard InChI is InChI=1S/C19H22N2O3/c1-12-6-5-7-16(10-12)21-18(22)14(3)20-17-11-15(19(23)24-4)9-8-13(17)2/h5-11,14,20H,1-4H3,(H,21,22)/t14-/m1/s1. The quantitative estimate of drug-likeness (QED) is 0.825. The number of carbonyl (C=O) groups excluding carboxylic acids is 2. The number of aryl methyl sites for hydroxylation is 2. The van der Waals surface area contributed by atoms with E-state index in [1.807, 2.05) is 44.2 Å². The van der Waals surface area contributed by atoms with Gasteiger partial charge in [0.15, 0.2) is 0 Å². The van der Waals surface area contributed by atoms with Crippen molar-refractivity contribution in [3.05, 3.63) is 59.2 Å². The SMILES string of the molecule is COC(=O)c1ccc(C)c(N[C@H](C)C(=O)Nc2cccc(C)c2)c1. The molecule has 0 unspecified atom stereocenters. The predicted octanol–water partition coefficient (Wildman–Crippen LogP) is 3.53. The molecule has 2 aromatic rings. The number of rotatable bonds is 5. The van der Waals surface area contributed by atoms with E-state index in [0.717, 1.165) is 22.5 Å². The van der Waals surface area contributed by atoms with Crippen molar-refractivity contribution < 1.29 is 14.3 Å². The van der Waals surface area contributed by atoms with Crippen molar-refractivity contribution in [2.75, 3.05) is 17.7 Å². The zero-order chi connectivity index (χ0) is 17.7. The molecule has 1 amide bonds. The molecule has 5 nitrogen and oxygen atoms in total. The molecule has 0 bridgehead atoms. The van der Waals surface area contributed by atoms with E-state index >= 15 is 0 Å². The predicted molar refractivity (Wildman–Crippen MR) is 95.4 cm³/mol. The Bertz CT molecular complexity index is 756. The van der Waals surface area contributed by atoms with Crippen molar-refractivity contribution in [3.63, 3.8) is 0 Å². The Kier molecular flexibility index (Phi) is 5.58. The summed E-state index contributed by atoms with van der Waals surface area (Å²) in [5.74, 6) is -0.557. The lowest BCUT2D eigenvalue weighted by Gasteiger charge is -2.17. The fraction of sp³-hybridized carbons (Fsp3) is 0.263. The van der Waals surface area contributed by atoms with E-state index in [2.05, 4.69) is 10.6 Å². The second-order valence-corrected chi connectivity index (χ2v) is 5.75. The first kappa shape index (κ1) is 17.5. The molecule has 0 aliphatic heterocycles. The topological polar surface area (TPSA) is 67.4 Å². The number of nitrogens with one attached hydrogen (secondary N) is 2. The number of carbonyl (C=O) groups is 2. The van der Waals surface area contributed by atoms with Crippen LogP contribution in [0.25, 0.3) is 0 Å². The van der Waals surface area contributed by atoms with Crippen molar-refractivity contribution in [3.8, 4) is 0 Å². The van der Waals surface area contributed by atoms with Crippen LogP contribution in [0.4, 0.5) is 11.4 Å². The third-order valence-corrected chi connectivity index (χ3v) is 3.71. The van der Waals surface area contributed by atoms with Crippen LogP contribution in [0.15, 0.2) is 42.5 Å². The maximum atomic E-state index is 12.3. The molecule has 24 heavy (non-hydrogen) atoms. The molecule has 2 aromatic carbocycles. The van der Waals surface area contributed by atoms with E-state index < -0.39 is 12.0 Å². The first-order valence-electron chi connectivity index (χ1n) is 7.73. The Balaban J connectivity index is 2.09. The zero-order valence-electron chi connectivity index (χ0n) is 14.3. The molecule has 2 N–H and O–H groups in total. The second-order valence-electron chi connectivity index (χ2n) is 5.75. The van der Waals surface area contributed by atoms with Crippen LogP contribution >= 0.6 is 0 Å². The highest BCUT2D eigenvalue weighted by Crippen LogP contribution is 2.19. The summed E-state index contributed by atoms with van der Waals surface area (Å²) < 4.78 is 4.73. The minimum Gasteiger partial charge on any atom is -0.465 e. The first-order chi connectivity index (χ1) is 11.4. The van der Waals surface area contributed by atoms with Crippen LogP contribution < -0.4 is 10.6 Å². The van der Waals surface area contributed by atoms with Gasteiger partial charge in [0.2, 0.25) is 5.91 Å². The smallest absolute Gasteiger partial charge is 0.337 e. The maximum Gasteiger partial charge on any atom is 0.337 e. The number of methoxy groups -OCH3 is 1. The number of amides is 1. The van der Waals surface area contributed by atoms with Crippen molar-refractivity contribution in [2.45, 2.75) is 26.8 Å². The van der Waals surface area contributed by atoms with Gasteiger partial charge in [-0.15, -0.1) is 0 Å². The summed E-state index contributed by atoms with van der Waals surface area (Å²) in [6, 6.07) is 12.4. The van der Waals surface area contributed by atoms with Gasteiger partial charge in [-0.1, -0.05) is 18.2 Å². The van der Waals surface area contributed by atoms with E-state index in [0.29, 0.717) is 5.56 Å². The molecule has 0 saturated heterocycles. The highest BCUT2D eigenvalue weighted by Gasteiger charge is 2.15. The number of benzene rings is 2. The lowest BCUT2D eigenvalue weighted by Crippen LogP contribution is -2.32. The van der Waals surface area contributed by atoms with Gasteiger partial charge in [-0.05, 0) is 56.2 Å². The monoisotopic (exact) mass is 326 g/mol. The Hall–Kier alpha value is -2.82. The summed E-state index contributed by atoms with van der Waals surface area (Å²) in [6.07, 6.45) is 0. The van der Waals surface area contributed by atoms with Crippen molar-refractivity contribution in [2.24, 2.45) is 0 Å². The molecule has 0 radical (unpaired) electrons. The van der Waals surface area contributed by atoms with Gasteiger partial charge in [0.05, 0.1) is 12.7 Å². The van der Waals surface area contributed by atoms with E-state index in [1.165, 1.54) is 7.11 Å². The summed E-state index contributed by atoms with van der Waals surface area (Å²) in [4.78, 5) is 24.0. The summed E-state index contributed by atoms with van der Waals surface area (Å²) in [5, 5.41) is 6.02. The number of hydrogen-bond acceptors (Lipinski definition) is 4. The molecule has 0 aliphatic carbocycles. The van der Waals surface area contributed by atoms with Gasteiger partial charge in [0, 0.05) is 11.4 Å². The molecular weight excluding hydrogens is 304 g/mol. The zero-order valence-corrected chi connectivity index (χ0v) is 14.3. The van der Waals surface area contributed by atoms with Crippen LogP contribution in [0, 0.1) is 13.8 Å². The van der Waals surface area contributed by atoms with Crippen molar-refractivity contribution in [1.29, 1.82) is 0 Å². The average Bonchev–Trinajstić information content (AvgIpc) is 2.56. The third-order valence-electron chi connectivity index (χ3n) is 3.71. The van der Waals surface area contributed by atoms with Crippen LogP contribution in [-0.2, 0) is 9.53 Å². The Morgan fingerprint density at radius 3 is 2.50 bits per heavy atom. The normalized spacial score (nSPS) is 11.5.